The summed E-state index contributed by atoms with van der Waals surface area (Å²) < 4.78 is 13.5. The number of hydrogen-bond acceptors (Lipinski definition) is 5. The Morgan fingerprint density at radius 1 is 1.08 bits per heavy atom. The molecule has 0 amide bonds. The van der Waals surface area contributed by atoms with Crippen molar-refractivity contribution in [1.29, 1.82) is 0 Å². The maximum absolute atomic E-state index is 14.0. The summed E-state index contributed by atoms with van der Waals surface area (Å²) in [5, 5.41) is 1.08. The van der Waals surface area contributed by atoms with E-state index in [1.54, 1.807) is 17.7 Å². The number of ether oxygens (including phenoxy) is 2. The topological polar surface area (TPSA) is 52.8 Å². The predicted octanol–water partition coefficient (Wildman–Crippen LogP) is 6.03. The number of hydrogen-bond donors (Lipinski definition) is 0. The zero-order valence-corrected chi connectivity index (χ0v) is 23.2. The summed E-state index contributed by atoms with van der Waals surface area (Å²) in [6, 6.07) is 19.1. The van der Waals surface area contributed by atoms with Gasteiger partial charge in [-0.15, -0.1) is 0 Å². The van der Waals surface area contributed by atoms with Gasteiger partial charge in [-0.2, -0.15) is 0 Å². The van der Waals surface area contributed by atoms with Crippen molar-refractivity contribution in [1.82, 2.24) is 4.57 Å². The second-order valence-electron chi connectivity index (χ2n) is 9.12. The molecular weight excluding hydrogens is 539 g/mol. The van der Waals surface area contributed by atoms with E-state index < -0.39 is 0 Å². The first-order valence-electron chi connectivity index (χ1n) is 12.4. The Morgan fingerprint density at radius 3 is 2.71 bits per heavy atom. The Morgan fingerprint density at radius 2 is 1.92 bits per heavy atom. The highest BCUT2D eigenvalue weighted by Gasteiger charge is 2.33. The third-order valence-electron chi connectivity index (χ3n) is 6.92. The van der Waals surface area contributed by atoms with Crippen molar-refractivity contribution in [2.45, 2.75) is 25.8 Å². The molecule has 3 aromatic carbocycles. The van der Waals surface area contributed by atoms with Gasteiger partial charge >= 0.3 is 0 Å². The Balaban J connectivity index is 1.59. The lowest BCUT2D eigenvalue weighted by atomic mass is 9.83. The first-order valence-corrected chi connectivity index (χ1v) is 13.9. The van der Waals surface area contributed by atoms with E-state index in [9.17, 15) is 4.79 Å². The third kappa shape index (κ3) is 4.27. The van der Waals surface area contributed by atoms with E-state index >= 15 is 0 Å². The van der Waals surface area contributed by atoms with Crippen molar-refractivity contribution < 1.29 is 9.47 Å². The lowest BCUT2D eigenvalue weighted by molar-refractivity contribution is 0.311. The number of allylic oxidation sites excluding steroid dienone is 1. The molecule has 5 nitrogen and oxygen atoms in total. The van der Waals surface area contributed by atoms with E-state index in [0.717, 1.165) is 40.8 Å². The van der Waals surface area contributed by atoms with Gasteiger partial charge in [-0.05, 0) is 72.4 Å². The number of benzene rings is 3. The van der Waals surface area contributed by atoms with Gasteiger partial charge in [0.1, 0.15) is 0 Å². The molecule has 38 heavy (non-hydrogen) atoms. The van der Waals surface area contributed by atoms with Gasteiger partial charge in [-0.3, -0.25) is 9.36 Å². The number of thiazole rings is 1. The van der Waals surface area contributed by atoms with Crippen LogP contribution in [0.3, 0.4) is 0 Å². The maximum Gasteiger partial charge on any atom is 0.271 e. The summed E-state index contributed by atoms with van der Waals surface area (Å²) in [7, 11) is 1.61. The molecule has 6 rings (SSSR count). The lowest BCUT2D eigenvalue weighted by Crippen LogP contribution is -2.38. The van der Waals surface area contributed by atoms with E-state index in [-0.39, 0.29) is 11.6 Å². The molecule has 192 valence electrons. The average molecular weight is 564 g/mol. The largest absolute Gasteiger partial charge is 0.493 e. The number of rotatable bonds is 5. The van der Waals surface area contributed by atoms with Crippen LogP contribution in [-0.4, -0.2) is 18.3 Å². The molecule has 1 aliphatic heterocycles. The molecule has 0 saturated carbocycles. The second-order valence-corrected chi connectivity index (χ2v) is 11.0. The Hall–Kier alpha value is -3.32. The zero-order chi connectivity index (χ0) is 26.4. The summed E-state index contributed by atoms with van der Waals surface area (Å²) in [4.78, 5) is 19.7. The number of aryl methyl sites for hydroxylation is 1. The summed E-state index contributed by atoms with van der Waals surface area (Å²) >= 11 is 14.4. The van der Waals surface area contributed by atoms with Crippen LogP contribution < -0.4 is 24.4 Å². The van der Waals surface area contributed by atoms with Crippen LogP contribution in [0.5, 0.6) is 11.5 Å². The number of aromatic nitrogens is 1. The lowest BCUT2D eigenvalue weighted by Gasteiger charge is -2.31. The predicted molar refractivity (Wildman–Crippen MR) is 153 cm³/mol. The van der Waals surface area contributed by atoms with Gasteiger partial charge in [0.25, 0.3) is 5.56 Å². The summed E-state index contributed by atoms with van der Waals surface area (Å²) in [6.07, 6.45) is 3.55. The Bertz CT molecular complexity index is 1790. The summed E-state index contributed by atoms with van der Waals surface area (Å²) in [6.45, 7) is 2.43. The number of nitrogens with zero attached hydrogens (tertiary/aromatic N) is 2. The van der Waals surface area contributed by atoms with Crippen molar-refractivity contribution >= 4 is 46.3 Å². The molecule has 1 unspecified atom stereocenters. The average Bonchev–Trinajstić information content (AvgIpc) is 3.22. The summed E-state index contributed by atoms with van der Waals surface area (Å²) in [5.74, 6) is 1.28. The van der Waals surface area contributed by atoms with Gasteiger partial charge in [0.15, 0.2) is 16.3 Å². The second kappa shape index (κ2) is 10.1. The highest BCUT2D eigenvalue weighted by atomic mass is 35.5. The first kappa shape index (κ1) is 25.0. The molecule has 0 saturated heterocycles. The van der Waals surface area contributed by atoms with Crippen molar-refractivity contribution in [3.05, 3.63) is 118 Å². The minimum absolute atomic E-state index is 0.107. The number of fused-ring (bicyclic) bond motifs is 3. The van der Waals surface area contributed by atoms with Crippen LogP contribution >= 0.6 is 34.5 Å². The van der Waals surface area contributed by atoms with Gasteiger partial charge in [-0.25, -0.2) is 4.99 Å². The standard InChI is InChI=1S/C30H24Cl2N2O3S/c1-3-37-25-14-17(8-13-24(25)36-2)15-26-29(35)34-28(21-12-10-19(31)16-23(21)32)22-11-9-18-6-4-5-7-20(18)27(22)33-30(34)38-26/h4-8,10,12-16,28H,3,9,11H2,1-2H3. The van der Waals surface area contributed by atoms with Crippen molar-refractivity contribution in [3.63, 3.8) is 0 Å². The van der Waals surface area contributed by atoms with Crippen LogP contribution in [-0.2, 0) is 6.42 Å². The van der Waals surface area contributed by atoms with Crippen molar-refractivity contribution in [3.8, 4) is 11.5 Å². The minimum atomic E-state index is -0.364. The Labute approximate surface area is 233 Å². The SMILES string of the molecule is CCOc1cc(C=c2sc3n(c2=O)C(c2ccc(Cl)cc2Cl)C2=C(N=3)c3ccccc3CC2)ccc1OC. The molecule has 0 N–H and O–H groups in total. The molecule has 0 spiro atoms. The number of halogens is 2. The van der Waals surface area contributed by atoms with Gasteiger partial charge in [0.05, 0.1) is 30.0 Å². The van der Waals surface area contributed by atoms with E-state index in [4.69, 9.17) is 37.7 Å². The fraction of sp³-hybridized carbons (Fsp3) is 0.200. The molecule has 2 aliphatic rings. The van der Waals surface area contributed by atoms with Gasteiger partial charge in [-0.1, -0.05) is 70.9 Å². The molecule has 1 atom stereocenters. The minimum Gasteiger partial charge on any atom is -0.493 e. The third-order valence-corrected chi connectivity index (χ3v) is 8.46. The zero-order valence-electron chi connectivity index (χ0n) is 20.8. The molecule has 0 radical (unpaired) electrons. The Kier molecular flexibility index (Phi) is 6.64. The fourth-order valence-electron chi connectivity index (χ4n) is 5.22. The van der Waals surface area contributed by atoms with Crippen LogP contribution in [0, 0.1) is 0 Å². The summed E-state index contributed by atoms with van der Waals surface area (Å²) in [5.41, 5.74) is 5.97. The molecule has 4 aromatic rings. The molecule has 2 heterocycles. The smallest absolute Gasteiger partial charge is 0.271 e. The van der Waals surface area contributed by atoms with Crippen LogP contribution in [0.1, 0.15) is 41.6 Å². The highest BCUT2D eigenvalue weighted by molar-refractivity contribution is 7.07. The van der Waals surface area contributed by atoms with E-state index in [2.05, 4.69) is 18.2 Å². The van der Waals surface area contributed by atoms with E-state index in [0.29, 0.717) is 37.5 Å². The molecule has 1 aromatic heterocycles. The quantitative estimate of drug-likeness (QED) is 0.298. The van der Waals surface area contributed by atoms with Crippen molar-refractivity contribution in [2.24, 2.45) is 4.99 Å². The molecule has 0 fully saturated rings. The van der Waals surface area contributed by atoms with E-state index in [1.165, 1.54) is 16.9 Å². The van der Waals surface area contributed by atoms with Crippen LogP contribution in [0.15, 0.2) is 76.0 Å². The van der Waals surface area contributed by atoms with Crippen LogP contribution in [0.25, 0.3) is 11.8 Å². The number of methoxy groups -OCH3 is 1. The van der Waals surface area contributed by atoms with E-state index in [1.807, 2.05) is 49.4 Å². The molecule has 0 bridgehead atoms. The van der Waals surface area contributed by atoms with Gasteiger partial charge < -0.3 is 9.47 Å². The molecule has 1 aliphatic carbocycles. The van der Waals surface area contributed by atoms with Gasteiger partial charge in [0, 0.05) is 15.6 Å². The van der Waals surface area contributed by atoms with Gasteiger partial charge in [0.2, 0.25) is 0 Å². The molecule has 8 heteroatoms. The first-order chi connectivity index (χ1) is 18.5. The normalized spacial score (nSPS) is 16.4. The molecular formula is C30H24Cl2N2O3S. The van der Waals surface area contributed by atoms with Crippen LogP contribution in [0.2, 0.25) is 10.0 Å². The monoisotopic (exact) mass is 562 g/mol. The van der Waals surface area contributed by atoms with Crippen LogP contribution in [0.4, 0.5) is 0 Å². The fourth-order valence-corrected chi connectivity index (χ4v) is 6.74. The highest BCUT2D eigenvalue weighted by Crippen LogP contribution is 2.43. The van der Waals surface area contributed by atoms with Crippen molar-refractivity contribution in [2.75, 3.05) is 13.7 Å². The maximum atomic E-state index is 14.0.